The molecule has 0 bridgehead atoms. The van der Waals surface area contributed by atoms with Crippen LogP contribution in [0.3, 0.4) is 0 Å². The van der Waals surface area contributed by atoms with Gasteiger partial charge in [-0.3, -0.25) is 0 Å². The van der Waals surface area contributed by atoms with Gasteiger partial charge in [-0.15, -0.1) is 0 Å². The van der Waals surface area contributed by atoms with E-state index in [9.17, 15) is 13.0 Å². The molecule has 0 heterocycles. The highest BCUT2D eigenvalue weighted by molar-refractivity contribution is 7.85. The van der Waals surface area contributed by atoms with E-state index in [-0.39, 0.29) is 5.75 Å². The summed E-state index contributed by atoms with van der Waals surface area (Å²) in [5.74, 6) is 1.91. The molecular formula is C48H91NO6S. The summed E-state index contributed by atoms with van der Waals surface area (Å²) >= 11 is 0. The van der Waals surface area contributed by atoms with E-state index in [1.165, 1.54) is 161 Å². The van der Waals surface area contributed by atoms with Crippen LogP contribution >= 0.6 is 0 Å². The van der Waals surface area contributed by atoms with Crippen molar-refractivity contribution in [2.75, 3.05) is 46.2 Å². The largest absolute Gasteiger partial charge is 0.748 e. The van der Waals surface area contributed by atoms with Crippen LogP contribution in [0.25, 0.3) is 0 Å². The summed E-state index contributed by atoms with van der Waals surface area (Å²) in [5.41, 5.74) is 1.07. The van der Waals surface area contributed by atoms with Crippen LogP contribution in [0.2, 0.25) is 0 Å². The molecule has 0 aliphatic carbocycles. The molecule has 1 aromatic carbocycles. The summed E-state index contributed by atoms with van der Waals surface area (Å²) in [4.78, 5) is 0. The number of quaternary nitrogens is 1. The second kappa shape index (κ2) is 35.4. The summed E-state index contributed by atoms with van der Waals surface area (Å²) < 4.78 is 54.2. The van der Waals surface area contributed by atoms with Crippen molar-refractivity contribution in [3.8, 4) is 17.2 Å². The second-order valence-corrected chi connectivity index (χ2v) is 19.0. The maximum Gasteiger partial charge on any atom is 0.203 e. The van der Waals surface area contributed by atoms with Crippen molar-refractivity contribution in [1.29, 1.82) is 0 Å². The lowest BCUT2D eigenvalue weighted by atomic mass is 10.1. The molecule has 56 heavy (non-hydrogen) atoms. The van der Waals surface area contributed by atoms with Gasteiger partial charge >= 0.3 is 0 Å². The SMILES string of the molecule is CCCCCCCCCCCCOc1cc(C[N+](C)(C)CCCS(=O)(=O)[O-])cc(OCCCCCCCCCCCC)c1OCCCCCCCCCCCC. The zero-order valence-corrected chi connectivity index (χ0v) is 38.4. The van der Waals surface area contributed by atoms with Crippen molar-refractivity contribution in [1.82, 2.24) is 0 Å². The Kier molecular flexibility index (Phi) is 33.2. The van der Waals surface area contributed by atoms with E-state index in [4.69, 9.17) is 14.2 Å². The first kappa shape index (κ1) is 52.5. The number of hydrogen-bond acceptors (Lipinski definition) is 6. The summed E-state index contributed by atoms with van der Waals surface area (Å²) in [5, 5.41) is 0. The molecule has 0 saturated carbocycles. The van der Waals surface area contributed by atoms with Crippen LogP contribution in [0.15, 0.2) is 12.1 Å². The Bertz CT molecular complexity index is 1090. The normalized spacial score (nSPS) is 12.0. The van der Waals surface area contributed by atoms with Gasteiger partial charge in [-0.05, 0) is 31.4 Å². The fourth-order valence-corrected chi connectivity index (χ4v) is 8.11. The first-order chi connectivity index (χ1) is 27.1. The van der Waals surface area contributed by atoms with Crippen LogP contribution in [0.1, 0.15) is 225 Å². The van der Waals surface area contributed by atoms with Crippen LogP contribution in [0, 0.1) is 0 Å². The monoisotopic (exact) mass is 810 g/mol. The standard InChI is InChI=1S/C48H91NO6S/c1-6-9-12-15-18-21-24-27-30-33-38-53-46-42-45(44-49(4,5)37-36-41-56(50,51)52)43-47(54-39-34-31-28-25-22-19-16-13-10-7-2)48(46)55-40-35-32-29-26-23-20-17-14-11-8-3/h42-43H,6-41,44H2,1-5H3. The van der Waals surface area contributed by atoms with Crippen molar-refractivity contribution < 1.29 is 31.7 Å². The molecule has 0 unspecified atom stereocenters. The Balaban J connectivity index is 2.95. The van der Waals surface area contributed by atoms with Gasteiger partial charge in [0.25, 0.3) is 0 Å². The Morgan fingerprint density at radius 3 is 1.09 bits per heavy atom. The molecule has 8 heteroatoms. The van der Waals surface area contributed by atoms with E-state index in [2.05, 4.69) is 47.0 Å². The predicted octanol–water partition coefficient (Wildman–Crippen LogP) is 14.1. The lowest BCUT2D eigenvalue weighted by Gasteiger charge is -2.30. The number of nitrogens with zero attached hydrogens (tertiary/aromatic N) is 1. The van der Waals surface area contributed by atoms with Crippen LogP contribution < -0.4 is 14.2 Å². The van der Waals surface area contributed by atoms with Crippen LogP contribution in [-0.2, 0) is 16.7 Å². The third kappa shape index (κ3) is 31.5. The minimum Gasteiger partial charge on any atom is -0.748 e. The quantitative estimate of drug-likeness (QED) is 0.0371. The van der Waals surface area contributed by atoms with Gasteiger partial charge in [0.05, 0.1) is 50.6 Å². The van der Waals surface area contributed by atoms with Crippen molar-refractivity contribution in [2.45, 2.75) is 226 Å². The van der Waals surface area contributed by atoms with E-state index < -0.39 is 10.1 Å². The molecule has 0 radical (unpaired) electrons. The van der Waals surface area contributed by atoms with Gasteiger partial charge in [0.15, 0.2) is 11.5 Å². The molecule has 0 aliphatic rings. The maximum atomic E-state index is 11.3. The zero-order chi connectivity index (χ0) is 41.0. The van der Waals surface area contributed by atoms with E-state index >= 15 is 0 Å². The molecule has 1 aromatic rings. The Morgan fingerprint density at radius 1 is 0.464 bits per heavy atom. The number of hydrogen-bond donors (Lipinski definition) is 0. The molecular weight excluding hydrogens is 719 g/mol. The van der Waals surface area contributed by atoms with E-state index in [1.54, 1.807) is 0 Å². The summed E-state index contributed by atoms with van der Waals surface area (Å²) in [6.45, 7) is 10.0. The molecule has 0 saturated heterocycles. The average Bonchev–Trinajstić information content (AvgIpc) is 3.15. The summed E-state index contributed by atoms with van der Waals surface area (Å²) in [6, 6.07) is 4.23. The van der Waals surface area contributed by atoms with E-state index in [0.29, 0.717) is 43.8 Å². The second-order valence-electron chi connectivity index (χ2n) is 17.4. The lowest BCUT2D eigenvalue weighted by molar-refractivity contribution is -0.903. The molecule has 0 atom stereocenters. The van der Waals surface area contributed by atoms with Crippen LogP contribution in [0.5, 0.6) is 17.2 Å². The molecule has 0 amide bonds. The molecule has 1 rings (SSSR count). The van der Waals surface area contributed by atoms with Crippen LogP contribution in [-0.4, -0.2) is 63.7 Å². The topological polar surface area (TPSA) is 84.9 Å². The molecule has 330 valence electrons. The minimum atomic E-state index is -4.23. The van der Waals surface area contributed by atoms with Gasteiger partial charge in [0.2, 0.25) is 5.75 Å². The third-order valence-corrected chi connectivity index (χ3v) is 11.9. The van der Waals surface area contributed by atoms with Gasteiger partial charge in [0.1, 0.15) is 6.54 Å². The van der Waals surface area contributed by atoms with Gasteiger partial charge in [-0.25, -0.2) is 8.42 Å². The first-order valence-corrected chi connectivity index (χ1v) is 25.5. The Labute approximate surface area is 348 Å². The Hall–Kier alpha value is -1.51. The highest BCUT2D eigenvalue weighted by Crippen LogP contribution is 2.40. The van der Waals surface area contributed by atoms with E-state index in [0.717, 1.165) is 54.9 Å². The molecule has 0 N–H and O–H groups in total. The molecule has 7 nitrogen and oxygen atoms in total. The van der Waals surface area contributed by atoms with Crippen molar-refractivity contribution >= 4 is 10.1 Å². The van der Waals surface area contributed by atoms with E-state index in [1.807, 2.05) is 0 Å². The zero-order valence-electron chi connectivity index (χ0n) is 37.6. The summed E-state index contributed by atoms with van der Waals surface area (Å²) in [6.07, 6.45) is 38.8. The average molecular weight is 810 g/mol. The molecule has 0 aromatic heterocycles. The summed E-state index contributed by atoms with van der Waals surface area (Å²) in [7, 11) is -0.0588. The van der Waals surface area contributed by atoms with Crippen LogP contribution in [0.4, 0.5) is 0 Å². The minimum absolute atomic E-state index is 0.332. The lowest BCUT2D eigenvalue weighted by Crippen LogP contribution is -2.40. The first-order valence-electron chi connectivity index (χ1n) is 23.9. The highest BCUT2D eigenvalue weighted by atomic mass is 32.2. The Morgan fingerprint density at radius 2 is 0.768 bits per heavy atom. The third-order valence-electron chi connectivity index (χ3n) is 11.1. The van der Waals surface area contributed by atoms with Gasteiger partial charge in [-0.1, -0.05) is 194 Å². The van der Waals surface area contributed by atoms with Gasteiger partial charge in [-0.2, -0.15) is 0 Å². The number of rotatable bonds is 42. The maximum absolute atomic E-state index is 11.3. The van der Waals surface area contributed by atoms with Gasteiger partial charge < -0.3 is 23.2 Å². The number of ether oxygens (including phenoxy) is 3. The predicted molar refractivity (Wildman–Crippen MR) is 238 cm³/mol. The molecule has 0 aliphatic heterocycles. The molecule has 0 spiro atoms. The fraction of sp³-hybridized carbons (Fsp3) is 0.875. The number of unbranched alkanes of at least 4 members (excludes halogenated alkanes) is 27. The van der Waals surface area contributed by atoms with Crippen molar-refractivity contribution in [3.05, 3.63) is 17.7 Å². The fourth-order valence-electron chi connectivity index (χ4n) is 7.63. The van der Waals surface area contributed by atoms with Crippen molar-refractivity contribution in [2.24, 2.45) is 0 Å². The highest BCUT2D eigenvalue weighted by Gasteiger charge is 2.22. The smallest absolute Gasteiger partial charge is 0.203 e. The molecule has 0 fully saturated rings. The number of benzene rings is 1. The van der Waals surface area contributed by atoms with Gasteiger partial charge in [0, 0.05) is 17.7 Å². The van der Waals surface area contributed by atoms with Crippen molar-refractivity contribution in [3.63, 3.8) is 0 Å².